The number of carbonyl (C=O) groups excluding carboxylic acids is 2. The minimum absolute atomic E-state index is 0.231. The van der Waals surface area contributed by atoms with Crippen LogP contribution in [-0.4, -0.2) is 51.3 Å². The molecular weight excluding hydrogens is 469 g/mol. The molecule has 0 radical (unpaired) electrons. The van der Waals surface area contributed by atoms with Gasteiger partial charge in [0.2, 0.25) is 11.8 Å². The van der Waals surface area contributed by atoms with Gasteiger partial charge >= 0.3 is 17.8 Å². The Morgan fingerprint density at radius 3 is 2.43 bits per heavy atom. The van der Waals surface area contributed by atoms with Gasteiger partial charge in [-0.05, 0) is 50.4 Å². The van der Waals surface area contributed by atoms with E-state index in [4.69, 9.17) is 9.90 Å². The highest BCUT2D eigenvalue weighted by Gasteiger charge is 2.38. The Bertz CT molecular complexity index is 1250. The number of aromatic nitrogens is 2. The van der Waals surface area contributed by atoms with Gasteiger partial charge in [-0.2, -0.15) is 13.2 Å². The lowest BCUT2D eigenvalue weighted by Gasteiger charge is -2.21. The van der Waals surface area contributed by atoms with Crippen LogP contribution >= 0.6 is 0 Å². The number of nitrogens with zero attached hydrogens (tertiary/aromatic N) is 2. The van der Waals surface area contributed by atoms with Gasteiger partial charge in [-0.15, -0.1) is 0 Å². The number of rotatable bonds is 2. The minimum Gasteiger partial charge on any atom is -0.475 e. The molecule has 1 atom stereocenters. The fourth-order valence-electron chi connectivity index (χ4n) is 4.15. The number of carboxylic acids is 1. The summed E-state index contributed by atoms with van der Waals surface area (Å²) < 4.78 is 34.8. The van der Waals surface area contributed by atoms with Crippen LogP contribution in [0.3, 0.4) is 0 Å². The number of carbonyl (C=O) groups is 3. The molecule has 2 aromatic rings. The number of amides is 2. The van der Waals surface area contributed by atoms with E-state index in [1.54, 1.807) is 11.6 Å². The van der Waals surface area contributed by atoms with Crippen molar-refractivity contribution < 1.29 is 32.7 Å². The van der Waals surface area contributed by atoms with Crippen molar-refractivity contribution in [1.29, 1.82) is 0 Å². The van der Waals surface area contributed by atoms with Crippen LogP contribution in [-0.2, 0) is 21.4 Å². The van der Waals surface area contributed by atoms with Gasteiger partial charge in [-0.3, -0.25) is 24.0 Å². The van der Waals surface area contributed by atoms with Crippen molar-refractivity contribution in [3.05, 3.63) is 34.2 Å². The molecule has 0 spiro atoms. The number of hydrogen-bond donors (Lipinski definition) is 3. The van der Waals surface area contributed by atoms with E-state index in [9.17, 15) is 27.6 Å². The summed E-state index contributed by atoms with van der Waals surface area (Å²) in [5.74, 6) is 3.67. The smallest absolute Gasteiger partial charge is 0.475 e. The Hall–Kier alpha value is -3.59. The average Bonchev–Trinajstić information content (AvgIpc) is 3.05. The van der Waals surface area contributed by atoms with Gasteiger partial charge in [-0.1, -0.05) is 17.9 Å². The summed E-state index contributed by atoms with van der Waals surface area (Å²) in [6, 6.07) is 4.93. The number of alkyl halides is 3. The summed E-state index contributed by atoms with van der Waals surface area (Å²) >= 11 is 0. The molecule has 188 valence electrons. The van der Waals surface area contributed by atoms with Crippen LogP contribution in [0.5, 0.6) is 0 Å². The van der Waals surface area contributed by atoms with E-state index >= 15 is 0 Å². The van der Waals surface area contributed by atoms with Crippen molar-refractivity contribution in [1.82, 2.24) is 19.8 Å². The molecule has 35 heavy (non-hydrogen) atoms. The van der Waals surface area contributed by atoms with Crippen LogP contribution < -0.4 is 16.3 Å². The van der Waals surface area contributed by atoms with Crippen LogP contribution in [0.15, 0.2) is 23.0 Å². The predicted octanol–water partition coefficient (Wildman–Crippen LogP) is 1.69. The SMILES string of the molecule is Cn1c(=O)n(C2CCC(=O)NC2=O)c2cccc(C#CCC3CCNCC3)c21.O=C(O)C(F)(F)F. The first-order valence-corrected chi connectivity index (χ1v) is 11.0. The van der Waals surface area contributed by atoms with Gasteiger partial charge in [0.05, 0.1) is 16.6 Å². The molecule has 12 heteroatoms. The molecule has 2 saturated heterocycles. The number of para-hydroxylation sites is 1. The van der Waals surface area contributed by atoms with E-state index < -0.39 is 24.1 Å². The molecule has 2 amide bonds. The first kappa shape index (κ1) is 26.0. The average molecular weight is 494 g/mol. The van der Waals surface area contributed by atoms with Crippen LogP contribution in [0.2, 0.25) is 0 Å². The second-order valence-electron chi connectivity index (χ2n) is 8.35. The number of aryl methyl sites for hydroxylation is 1. The van der Waals surface area contributed by atoms with E-state index in [2.05, 4.69) is 22.5 Å². The largest absolute Gasteiger partial charge is 0.490 e. The molecule has 3 N–H and O–H groups in total. The third-order valence-corrected chi connectivity index (χ3v) is 5.94. The summed E-state index contributed by atoms with van der Waals surface area (Å²) in [7, 11) is 1.70. The highest BCUT2D eigenvalue weighted by molar-refractivity contribution is 6.00. The maximum atomic E-state index is 12.9. The van der Waals surface area contributed by atoms with Crippen molar-refractivity contribution in [3.63, 3.8) is 0 Å². The van der Waals surface area contributed by atoms with E-state index in [1.165, 1.54) is 4.57 Å². The Balaban J connectivity index is 0.000000429. The molecule has 9 nitrogen and oxygen atoms in total. The maximum absolute atomic E-state index is 12.9. The monoisotopic (exact) mass is 494 g/mol. The molecule has 4 rings (SSSR count). The lowest BCUT2D eigenvalue weighted by atomic mass is 9.95. The zero-order chi connectivity index (χ0) is 25.8. The van der Waals surface area contributed by atoms with Gasteiger partial charge in [0, 0.05) is 19.9 Å². The van der Waals surface area contributed by atoms with Crippen LogP contribution in [0, 0.1) is 17.8 Å². The fourth-order valence-corrected chi connectivity index (χ4v) is 4.15. The second kappa shape index (κ2) is 10.8. The molecule has 1 aromatic carbocycles. The topological polar surface area (TPSA) is 122 Å². The number of fused-ring (bicyclic) bond motifs is 1. The third kappa shape index (κ3) is 6.10. The number of piperidine rings is 2. The highest BCUT2D eigenvalue weighted by atomic mass is 19.4. The summed E-state index contributed by atoms with van der Waals surface area (Å²) in [5.41, 5.74) is 1.93. The fraction of sp³-hybridized carbons (Fsp3) is 0.478. The van der Waals surface area contributed by atoms with E-state index in [0.29, 0.717) is 17.9 Å². The lowest BCUT2D eigenvalue weighted by molar-refractivity contribution is -0.192. The molecule has 2 aliphatic heterocycles. The first-order valence-electron chi connectivity index (χ1n) is 11.0. The third-order valence-electron chi connectivity index (χ3n) is 5.94. The van der Waals surface area contributed by atoms with Gasteiger partial charge in [0.15, 0.2) is 0 Å². The zero-order valence-corrected chi connectivity index (χ0v) is 18.9. The minimum atomic E-state index is -5.08. The number of halogens is 3. The highest BCUT2D eigenvalue weighted by Crippen LogP contribution is 2.25. The van der Waals surface area contributed by atoms with Crippen molar-refractivity contribution in [2.45, 2.75) is 44.3 Å². The van der Waals surface area contributed by atoms with Crippen LogP contribution in [0.1, 0.15) is 43.7 Å². The number of carboxylic acid groups (broad SMARTS) is 1. The molecule has 0 bridgehead atoms. The molecular formula is C23H25F3N4O5. The summed E-state index contributed by atoms with van der Waals surface area (Å²) in [4.78, 5) is 45.6. The summed E-state index contributed by atoms with van der Waals surface area (Å²) in [6.07, 6.45) is -1.39. The van der Waals surface area contributed by atoms with Gasteiger partial charge in [-0.25, -0.2) is 9.59 Å². The van der Waals surface area contributed by atoms with Gasteiger partial charge < -0.3 is 10.4 Å². The molecule has 2 aliphatic rings. The van der Waals surface area contributed by atoms with Gasteiger partial charge in [0.25, 0.3) is 0 Å². The molecule has 1 aromatic heterocycles. The van der Waals surface area contributed by atoms with Crippen molar-refractivity contribution in [2.75, 3.05) is 13.1 Å². The molecule has 0 saturated carbocycles. The number of hydrogen-bond acceptors (Lipinski definition) is 5. The van der Waals surface area contributed by atoms with Crippen molar-refractivity contribution in [3.8, 4) is 11.8 Å². The number of benzene rings is 1. The first-order chi connectivity index (χ1) is 16.5. The number of aliphatic carboxylic acids is 1. The van der Waals surface area contributed by atoms with Crippen molar-refractivity contribution >= 4 is 28.8 Å². The quantitative estimate of drug-likeness (QED) is 0.432. The summed E-state index contributed by atoms with van der Waals surface area (Å²) in [6.45, 7) is 2.09. The molecule has 2 fully saturated rings. The molecule has 3 heterocycles. The second-order valence-corrected chi connectivity index (χ2v) is 8.35. The standard InChI is InChI=1S/C21H24N4O3.C2HF3O2/c1-24-19-15(5-2-4-14-10-12-22-13-11-14)6-3-7-16(19)25(21(24)28)17-8-9-18(26)23-20(17)27;3-2(4,5)1(6)7/h3,6-7,14,17,22H,4,8-13H2,1H3,(H,23,26,27);(H,6,7). The molecule has 1 unspecified atom stereocenters. The van der Waals surface area contributed by atoms with E-state index in [0.717, 1.165) is 43.4 Å². The maximum Gasteiger partial charge on any atom is 0.490 e. The Kier molecular flexibility index (Phi) is 8.01. The normalized spacial score (nSPS) is 18.8. The predicted molar refractivity (Wildman–Crippen MR) is 119 cm³/mol. The van der Waals surface area contributed by atoms with Crippen LogP contribution in [0.4, 0.5) is 13.2 Å². The van der Waals surface area contributed by atoms with E-state index in [1.807, 2.05) is 18.2 Å². The van der Waals surface area contributed by atoms with Crippen LogP contribution in [0.25, 0.3) is 11.0 Å². The lowest BCUT2D eigenvalue weighted by Crippen LogP contribution is -2.44. The number of imidazole rings is 1. The van der Waals surface area contributed by atoms with Gasteiger partial charge in [0.1, 0.15) is 6.04 Å². The van der Waals surface area contributed by atoms with E-state index in [-0.39, 0.29) is 18.0 Å². The summed E-state index contributed by atoms with van der Waals surface area (Å²) in [5, 5.41) is 12.8. The van der Waals surface area contributed by atoms with Crippen molar-refractivity contribution in [2.24, 2.45) is 13.0 Å². The zero-order valence-electron chi connectivity index (χ0n) is 18.9. The Morgan fingerprint density at radius 2 is 1.83 bits per heavy atom. The number of imide groups is 1. The Labute approximate surface area is 198 Å². The number of nitrogens with one attached hydrogen (secondary N) is 2. The Morgan fingerprint density at radius 1 is 1.17 bits per heavy atom. The molecule has 0 aliphatic carbocycles.